The predicted octanol–water partition coefficient (Wildman–Crippen LogP) is 8.14. The highest BCUT2D eigenvalue weighted by Gasteiger charge is 2.31. The van der Waals surface area contributed by atoms with E-state index in [4.69, 9.17) is 11.6 Å². The van der Waals surface area contributed by atoms with Gasteiger partial charge in [-0.1, -0.05) is 35.9 Å². The van der Waals surface area contributed by atoms with Gasteiger partial charge in [-0.3, -0.25) is 4.79 Å². The maximum Gasteiger partial charge on any atom is 0.573 e. The highest BCUT2D eigenvalue weighted by molar-refractivity contribution is 6.30. The molecule has 0 radical (unpaired) electrons. The first kappa shape index (κ1) is 28.6. The first-order valence-electron chi connectivity index (χ1n) is 12.2. The van der Waals surface area contributed by atoms with E-state index in [0.29, 0.717) is 27.1 Å². The van der Waals surface area contributed by atoms with Crippen LogP contribution in [-0.4, -0.2) is 27.9 Å². The minimum Gasteiger partial charge on any atom is -0.477 e. The van der Waals surface area contributed by atoms with E-state index in [9.17, 15) is 36.6 Å². The lowest BCUT2D eigenvalue weighted by Gasteiger charge is -2.11. The van der Waals surface area contributed by atoms with E-state index in [0.717, 1.165) is 42.5 Å². The molecule has 0 saturated heterocycles. The number of nitrogens with zero attached hydrogens (tertiary/aromatic N) is 1. The number of halogens is 6. The molecular weight excluding hydrogens is 583 g/mol. The van der Waals surface area contributed by atoms with Crippen LogP contribution in [-0.2, 0) is 6.54 Å². The number of alkyl halides is 3. The number of nitrogens with one attached hydrogen (secondary N) is 1. The zero-order chi connectivity index (χ0) is 30.2. The third-order valence-electron chi connectivity index (χ3n) is 6.28. The summed E-state index contributed by atoms with van der Waals surface area (Å²) in [5.41, 5.74) is 1.06. The number of ether oxygens (including phenoxy) is 1. The van der Waals surface area contributed by atoms with Crippen molar-refractivity contribution in [1.82, 2.24) is 4.57 Å². The van der Waals surface area contributed by atoms with Crippen LogP contribution in [0.4, 0.5) is 27.6 Å². The normalized spacial score (nSPS) is 11.5. The SMILES string of the molecule is O=C(Nc1c(C(=O)O)n(Cc2cccc(Cl)c2)c2cc(-c3cc(F)cc(F)c3)ccc12)c1ccc(OC(F)(F)F)cc1. The Morgan fingerprint density at radius 1 is 0.881 bits per heavy atom. The van der Waals surface area contributed by atoms with Gasteiger partial charge in [0.1, 0.15) is 17.4 Å². The number of benzene rings is 4. The number of aromatic carboxylic acids is 1. The average Bonchev–Trinajstić information content (AvgIpc) is 3.20. The minimum atomic E-state index is -4.92. The summed E-state index contributed by atoms with van der Waals surface area (Å²) in [6, 6.07) is 18.3. The van der Waals surface area contributed by atoms with Crippen molar-refractivity contribution < 1.29 is 41.4 Å². The average molecular weight is 601 g/mol. The summed E-state index contributed by atoms with van der Waals surface area (Å²) < 4.78 is 70.7. The summed E-state index contributed by atoms with van der Waals surface area (Å²) in [6.45, 7) is -0.000985. The van der Waals surface area contributed by atoms with Crippen LogP contribution in [0.15, 0.2) is 84.9 Å². The molecule has 1 aromatic heterocycles. The molecule has 42 heavy (non-hydrogen) atoms. The zero-order valence-corrected chi connectivity index (χ0v) is 21.9. The number of amides is 1. The molecule has 0 fully saturated rings. The van der Waals surface area contributed by atoms with Crippen molar-refractivity contribution in [3.63, 3.8) is 0 Å². The molecule has 0 aliphatic heterocycles. The molecule has 1 heterocycles. The highest BCUT2D eigenvalue weighted by atomic mass is 35.5. The topological polar surface area (TPSA) is 80.6 Å². The number of anilines is 1. The van der Waals surface area contributed by atoms with Crippen molar-refractivity contribution in [3.8, 4) is 16.9 Å². The van der Waals surface area contributed by atoms with E-state index >= 15 is 0 Å². The van der Waals surface area contributed by atoms with Gasteiger partial charge in [0.25, 0.3) is 5.91 Å². The maximum atomic E-state index is 14.0. The van der Waals surface area contributed by atoms with E-state index < -0.39 is 35.6 Å². The number of carboxylic acid groups (broad SMARTS) is 1. The number of carbonyl (C=O) groups is 2. The van der Waals surface area contributed by atoms with Gasteiger partial charge in [-0.15, -0.1) is 13.2 Å². The second-order valence-corrected chi connectivity index (χ2v) is 9.60. The summed E-state index contributed by atoms with van der Waals surface area (Å²) in [4.78, 5) is 25.7. The molecule has 4 aromatic carbocycles. The third kappa shape index (κ3) is 6.21. The molecule has 0 atom stereocenters. The molecule has 0 aliphatic carbocycles. The fourth-order valence-corrected chi connectivity index (χ4v) is 4.79. The van der Waals surface area contributed by atoms with Crippen LogP contribution >= 0.6 is 11.6 Å². The van der Waals surface area contributed by atoms with Crippen LogP contribution in [0, 0.1) is 11.6 Å². The van der Waals surface area contributed by atoms with E-state index in [1.807, 2.05) is 0 Å². The quantitative estimate of drug-likeness (QED) is 0.185. The fraction of sp³-hybridized carbons (Fsp3) is 0.0667. The lowest BCUT2D eigenvalue weighted by Crippen LogP contribution is -2.18. The Bertz CT molecular complexity index is 1810. The Morgan fingerprint density at radius 3 is 2.19 bits per heavy atom. The Labute approximate surface area is 239 Å². The first-order valence-corrected chi connectivity index (χ1v) is 12.5. The molecular formula is C30H18ClF5N2O4. The van der Waals surface area contributed by atoms with E-state index in [1.165, 1.54) is 16.7 Å². The predicted molar refractivity (Wildman–Crippen MR) is 146 cm³/mol. The van der Waals surface area contributed by atoms with Gasteiger partial charge in [0.15, 0.2) is 5.69 Å². The molecule has 0 unspecified atom stereocenters. The Balaban J connectivity index is 1.63. The Hall–Kier alpha value is -4.90. The smallest absolute Gasteiger partial charge is 0.477 e. The lowest BCUT2D eigenvalue weighted by molar-refractivity contribution is -0.274. The summed E-state index contributed by atoms with van der Waals surface area (Å²) in [5, 5.41) is 13.5. The van der Waals surface area contributed by atoms with Crippen LogP contribution in [0.2, 0.25) is 5.02 Å². The van der Waals surface area contributed by atoms with E-state index in [2.05, 4.69) is 10.1 Å². The second-order valence-electron chi connectivity index (χ2n) is 9.16. The second kappa shape index (κ2) is 11.2. The van der Waals surface area contributed by atoms with E-state index in [1.54, 1.807) is 30.3 Å². The van der Waals surface area contributed by atoms with Crippen molar-refractivity contribution in [1.29, 1.82) is 0 Å². The molecule has 0 bridgehead atoms. The van der Waals surface area contributed by atoms with Crippen molar-refractivity contribution in [3.05, 3.63) is 118 Å². The summed E-state index contributed by atoms with van der Waals surface area (Å²) in [5.74, 6) is -4.33. The number of carbonyl (C=O) groups excluding carboxylic acids is 1. The van der Waals surface area contributed by atoms with Gasteiger partial charge in [-0.25, -0.2) is 13.6 Å². The van der Waals surface area contributed by atoms with Crippen LogP contribution in [0.3, 0.4) is 0 Å². The van der Waals surface area contributed by atoms with Gasteiger partial charge in [-0.2, -0.15) is 0 Å². The van der Waals surface area contributed by atoms with Gasteiger partial charge >= 0.3 is 12.3 Å². The lowest BCUT2D eigenvalue weighted by atomic mass is 10.0. The first-order chi connectivity index (χ1) is 19.9. The number of hydrogen-bond donors (Lipinski definition) is 2. The summed E-state index contributed by atoms with van der Waals surface area (Å²) in [7, 11) is 0. The highest BCUT2D eigenvalue weighted by Crippen LogP contribution is 2.36. The summed E-state index contributed by atoms with van der Waals surface area (Å²) >= 11 is 6.13. The molecule has 0 aliphatic rings. The molecule has 5 rings (SSSR count). The number of aromatic nitrogens is 1. The molecule has 6 nitrogen and oxygen atoms in total. The van der Waals surface area contributed by atoms with Crippen molar-refractivity contribution in [2.45, 2.75) is 12.9 Å². The molecule has 12 heteroatoms. The standard InChI is InChI=1S/C30H18ClF5N2O4/c31-20-3-1-2-16(10-20)15-38-25-13-18(19-11-21(32)14-22(33)12-19)6-9-24(25)26(27(38)29(40)41)37-28(39)17-4-7-23(8-5-17)42-30(34,35)36/h1-14H,15H2,(H,37,39)(H,40,41). The molecule has 0 saturated carbocycles. The van der Waals surface area contributed by atoms with Gasteiger partial charge < -0.3 is 19.7 Å². The molecule has 2 N–H and O–H groups in total. The fourth-order valence-electron chi connectivity index (χ4n) is 4.57. The third-order valence-corrected chi connectivity index (χ3v) is 6.52. The molecule has 5 aromatic rings. The van der Waals surface area contributed by atoms with Crippen molar-refractivity contribution in [2.24, 2.45) is 0 Å². The largest absolute Gasteiger partial charge is 0.573 e. The molecule has 214 valence electrons. The number of fused-ring (bicyclic) bond motifs is 1. The number of hydrogen-bond acceptors (Lipinski definition) is 3. The van der Waals surface area contributed by atoms with Crippen LogP contribution in [0.25, 0.3) is 22.0 Å². The Kier molecular flexibility index (Phi) is 7.61. The summed E-state index contributed by atoms with van der Waals surface area (Å²) in [6.07, 6.45) is -4.92. The number of carboxylic acids is 1. The van der Waals surface area contributed by atoms with Gasteiger partial charge in [0, 0.05) is 28.6 Å². The van der Waals surface area contributed by atoms with Gasteiger partial charge in [-0.05, 0) is 71.3 Å². The van der Waals surface area contributed by atoms with Crippen molar-refractivity contribution >= 4 is 40.1 Å². The zero-order valence-electron chi connectivity index (χ0n) is 21.2. The monoisotopic (exact) mass is 600 g/mol. The van der Waals surface area contributed by atoms with Crippen LogP contribution < -0.4 is 10.1 Å². The van der Waals surface area contributed by atoms with Gasteiger partial charge in [0.05, 0.1) is 11.2 Å². The maximum absolute atomic E-state index is 14.0. The van der Waals surface area contributed by atoms with Crippen molar-refractivity contribution in [2.75, 3.05) is 5.32 Å². The number of rotatable bonds is 7. The van der Waals surface area contributed by atoms with Gasteiger partial charge in [0.2, 0.25) is 0 Å². The van der Waals surface area contributed by atoms with Crippen LogP contribution in [0.1, 0.15) is 26.4 Å². The Morgan fingerprint density at radius 2 is 1.57 bits per heavy atom. The van der Waals surface area contributed by atoms with E-state index in [-0.39, 0.29) is 29.1 Å². The molecule has 0 spiro atoms. The minimum absolute atomic E-state index is 0.000985. The molecule has 1 amide bonds. The van der Waals surface area contributed by atoms with Crippen LogP contribution in [0.5, 0.6) is 5.75 Å².